The molecule has 0 saturated heterocycles. The first-order valence-corrected chi connectivity index (χ1v) is 8.63. The topological polar surface area (TPSA) is 83.1 Å². The van der Waals surface area contributed by atoms with Crippen LogP contribution in [0.4, 0.5) is 21.0 Å². The Hall–Kier alpha value is -2.46. The molecule has 10 heteroatoms. The summed E-state index contributed by atoms with van der Waals surface area (Å²) in [6, 6.07) is 7.36. The third-order valence-electron chi connectivity index (χ3n) is 3.37. The summed E-state index contributed by atoms with van der Waals surface area (Å²) in [5.41, 5.74) is 1.43. The monoisotopic (exact) mass is 398 g/mol. The molecular formula is C16H22N4O4S2. The van der Waals surface area contributed by atoms with Crippen molar-refractivity contribution in [1.82, 2.24) is 10.6 Å². The van der Waals surface area contributed by atoms with E-state index in [-0.39, 0.29) is 10.2 Å². The van der Waals surface area contributed by atoms with Gasteiger partial charge in [0, 0.05) is 13.1 Å². The molecule has 0 aliphatic rings. The zero-order chi connectivity index (χ0) is 19.7. The van der Waals surface area contributed by atoms with E-state index in [1.807, 2.05) is 38.1 Å². The van der Waals surface area contributed by atoms with Gasteiger partial charge in [-0.2, -0.15) is 0 Å². The van der Waals surface area contributed by atoms with Gasteiger partial charge in [0.25, 0.3) is 0 Å². The number of amides is 2. The lowest BCUT2D eigenvalue weighted by molar-refractivity contribution is 0.176. The first-order chi connectivity index (χ1) is 12.4. The summed E-state index contributed by atoms with van der Waals surface area (Å²) in [6.45, 7) is 4.77. The number of hydrogen-bond acceptors (Lipinski definition) is 6. The number of rotatable bonds is 4. The maximum Gasteiger partial charge on any atom is 0.413 e. The number of nitrogens with zero attached hydrogens (tertiary/aromatic N) is 2. The second-order valence-electron chi connectivity index (χ2n) is 4.82. The predicted octanol–water partition coefficient (Wildman–Crippen LogP) is 2.62. The van der Waals surface area contributed by atoms with Crippen molar-refractivity contribution in [1.29, 1.82) is 0 Å². The van der Waals surface area contributed by atoms with Gasteiger partial charge in [-0.05, 0) is 50.4 Å². The fraction of sp³-hybridized carbons (Fsp3) is 0.375. The highest BCUT2D eigenvalue weighted by Gasteiger charge is 2.21. The fourth-order valence-corrected chi connectivity index (χ4v) is 2.80. The fourth-order valence-electron chi connectivity index (χ4n) is 2.18. The molecule has 0 aliphatic heterocycles. The van der Waals surface area contributed by atoms with Crippen molar-refractivity contribution in [2.45, 2.75) is 13.8 Å². The minimum absolute atomic E-state index is 0.190. The quantitative estimate of drug-likeness (QED) is 0.749. The normalized spacial score (nSPS) is 9.69. The summed E-state index contributed by atoms with van der Waals surface area (Å²) in [4.78, 5) is 26.4. The summed E-state index contributed by atoms with van der Waals surface area (Å²) in [7, 11) is 2.52. The molecule has 0 fully saturated rings. The second kappa shape index (κ2) is 10.5. The predicted molar refractivity (Wildman–Crippen MR) is 109 cm³/mol. The van der Waals surface area contributed by atoms with Gasteiger partial charge in [-0.3, -0.25) is 10.6 Å². The number of carbonyl (C=O) groups excluding carboxylic acids is 2. The third kappa shape index (κ3) is 5.53. The van der Waals surface area contributed by atoms with E-state index in [1.165, 1.54) is 14.2 Å². The van der Waals surface area contributed by atoms with Crippen molar-refractivity contribution >= 4 is 58.2 Å². The number of alkyl carbamates (subject to hydrolysis) is 2. The van der Waals surface area contributed by atoms with Gasteiger partial charge in [0.05, 0.1) is 25.6 Å². The molecule has 0 unspecified atom stereocenters. The van der Waals surface area contributed by atoms with Crippen LogP contribution in [0.25, 0.3) is 0 Å². The summed E-state index contributed by atoms with van der Waals surface area (Å²) in [5.74, 6) is 0. The molecule has 0 heterocycles. The number of nitrogens with one attached hydrogen (secondary N) is 2. The number of thiocarbonyl (C=S) groups is 2. The largest absolute Gasteiger partial charge is 0.453 e. The highest BCUT2D eigenvalue weighted by Crippen LogP contribution is 2.29. The summed E-state index contributed by atoms with van der Waals surface area (Å²) < 4.78 is 9.18. The Labute approximate surface area is 163 Å². The Morgan fingerprint density at radius 2 is 1.23 bits per heavy atom. The van der Waals surface area contributed by atoms with Gasteiger partial charge in [0.2, 0.25) is 0 Å². The van der Waals surface area contributed by atoms with Crippen molar-refractivity contribution in [3.8, 4) is 0 Å². The van der Waals surface area contributed by atoms with Crippen molar-refractivity contribution in [3.05, 3.63) is 24.3 Å². The molecule has 26 heavy (non-hydrogen) atoms. The summed E-state index contributed by atoms with van der Waals surface area (Å²) in [6.07, 6.45) is -1.30. The van der Waals surface area contributed by atoms with Gasteiger partial charge in [0.15, 0.2) is 10.2 Å². The molecule has 1 rings (SSSR count). The molecule has 0 atom stereocenters. The lowest BCUT2D eigenvalue weighted by Gasteiger charge is -2.31. The average molecular weight is 399 g/mol. The molecular weight excluding hydrogens is 376 g/mol. The van der Waals surface area contributed by atoms with Gasteiger partial charge >= 0.3 is 12.2 Å². The average Bonchev–Trinajstić information content (AvgIpc) is 2.63. The molecule has 1 aromatic carbocycles. The summed E-state index contributed by atoms with van der Waals surface area (Å²) in [5, 5.41) is 5.36. The molecule has 2 amide bonds. The van der Waals surface area contributed by atoms with Crippen LogP contribution in [0.5, 0.6) is 0 Å². The maximum absolute atomic E-state index is 11.5. The zero-order valence-corrected chi connectivity index (χ0v) is 16.7. The third-order valence-corrected chi connectivity index (χ3v) is 4.02. The Morgan fingerprint density at radius 1 is 0.885 bits per heavy atom. The van der Waals surface area contributed by atoms with Crippen LogP contribution in [-0.4, -0.2) is 49.7 Å². The first kappa shape index (κ1) is 21.6. The Kier molecular flexibility index (Phi) is 8.73. The zero-order valence-electron chi connectivity index (χ0n) is 15.1. The highest BCUT2D eigenvalue weighted by atomic mass is 32.1. The van der Waals surface area contributed by atoms with Gasteiger partial charge in [-0.15, -0.1) is 0 Å². The standard InChI is InChI=1S/C16H22N4O4S2/c1-5-19(13(25)17-15(21)23-3)11-9-7-8-10-12(11)20(6-2)14(26)18-16(22)24-4/h7-10H,5-6H2,1-4H3,(H,17,21,25)(H,18,22,26). The van der Waals surface area contributed by atoms with Gasteiger partial charge < -0.3 is 19.3 Å². The van der Waals surface area contributed by atoms with Crippen molar-refractivity contribution in [3.63, 3.8) is 0 Å². The molecule has 1 aromatic rings. The van der Waals surface area contributed by atoms with E-state index in [9.17, 15) is 9.59 Å². The number of carbonyl (C=O) groups is 2. The number of para-hydroxylation sites is 2. The van der Waals surface area contributed by atoms with Crippen LogP contribution < -0.4 is 20.4 Å². The first-order valence-electron chi connectivity index (χ1n) is 7.81. The Morgan fingerprint density at radius 3 is 1.50 bits per heavy atom. The van der Waals surface area contributed by atoms with Crippen molar-refractivity contribution in [2.24, 2.45) is 0 Å². The molecule has 0 aliphatic carbocycles. The van der Waals surface area contributed by atoms with Crippen LogP contribution >= 0.6 is 24.4 Å². The van der Waals surface area contributed by atoms with Crippen molar-refractivity contribution < 1.29 is 19.1 Å². The smallest absolute Gasteiger partial charge is 0.413 e. The maximum atomic E-state index is 11.5. The van der Waals surface area contributed by atoms with E-state index in [1.54, 1.807) is 9.80 Å². The number of hydrogen-bond donors (Lipinski definition) is 2. The van der Waals surface area contributed by atoms with E-state index >= 15 is 0 Å². The number of anilines is 2. The lowest BCUT2D eigenvalue weighted by atomic mass is 10.2. The lowest BCUT2D eigenvalue weighted by Crippen LogP contribution is -2.45. The van der Waals surface area contributed by atoms with Crippen LogP contribution in [0, 0.1) is 0 Å². The molecule has 0 radical (unpaired) electrons. The molecule has 142 valence electrons. The molecule has 0 saturated carbocycles. The second-order valence-corrected chi connectivity index (χ2v) is 5.59. The number of ether oxygens (including phenoxy) is 2. The van der Waals surface area contributed by atoms with Crippen LogP contribution in [0.15, 0.2) is 24.3 Å². The van der Waals surface area contributed by atoms with Crippen LogP contribution in [0.3, 0.4) is 0 Å². The van der Waals surface area contributed by atoms with E-state index < -0.39 is 12.2 Å². The molecule has 0 aromatic heterocycles. The van der Waals surface area contributed by atoms with Gasteiger partial charge in [-0.25, -0.2) is 9.59 Å². The van der Waals surface area contributed by atoms with Gasteiger partial charge in [0.1, 0.15) is 0 Å². The molecule has 0 spiro atoms. The van der Waals surface area contributed by atoms with Crippen LogP contribution in [0.1, 0.15) is 13.8 Å². The van der Waals surface area contributed by atoms with E-state index in [4.69, 9.17) is 24.4 Å². The van der Waals surface area contributed by atoms with Crippen LogP contribution in [0.2, 0.25) is 0 Å². The summed E-state index contributed by atoms with van der Waals surface area (Å²) >= 11 is 10.6. The molecule has 0 bridgehead atoms. The Bertz CT molecular complexity index is 627. The Balaban J connectivity index is 3.21. The SMILES string of the molecule is CCN(C(=S)NC(=O)OC)c1ccccc1N(CC)C(=S)NC(=O)OC. The van der Waals surface area contributed by atoms with Gasteiger partial charge in [-0.1, -0.05) is 12.1 Å². The van der Waals surface area contributed by atoms with Crippen LogP contribution in [-0.2, 0) is 9.47 Å². The number of benzene rings is 1. The highest BCUT2D eigenvalue weighted by molar-refractivity contribution is 7.80. The van der Waals surface area contributed by atoms with E-state index in [2.05, 4.69) is 20.1 Å². The van der Waals surface area contributed by atoms with E-state index in [0.29, 0.717) is 24.5 Å². The minimum atomic E-state index is -0.652. The van der Waals surface area contributed by atoms with Crippen molar-refractivity contribution in [2.75, 3.05) is 37.1 Å². The number of methoxy groups -OCH3 is 2. The molecule has 8 nitrogen and oxygen atoms in total. The minimum Gasteiger partial charge on any atom is -0.453 e. The van der Waals surface area contributed by atoms with E-state index in [0.717, 1.165) is 0 Å². The molecule has 2 N–H and O–H groups in total.